The Morgan fingerprint density at radius 1 is 0.962 bits per heavy atom. The Kier molecular flexibility index (Phi) is 4.33. The lowest BCUT2D eigenvalue weighted by atomic mass is 10.1. The van der Waals surface area contributed by atoms with E-state index in [1.807, 2.05) is 35.2 Å². The van der Waals surface area contributed by atoms with Crippen LogP contribution in [-0.4, -0.2) is 42.0 Å². The van der Waals surface area contributed by atoms with E-state index in [2.05, 4.69) is 41.9 Å². The van der Waals surface area contributed by atoms with Crippen molar-refractivity contribution in [1.29, 1.82) is 0 Å². The normalized spacial score (nSPS) is 14.7. The number of pyridine rings is 1. The zero-order chi connectivity index (χ0) is 18.1. The molecule has 1 fully saturated rings. The Morgan fingerprint density at radius 3 is 2.58 bits per heavy atom. The fourth-order valence-electron chi connectivity index (χ4n) is 3.62. The van der Waals surface area contributed by atoms with Gasteiger partial charge >= 0.3 is 0 Å². The molecule has 0 atom stereocenters. The minimum absolute atomic E-state index is 0.108. The number of carbonyl (C=O) groups excluding carboxylic acids is 1. The molecule has 1 aliphatic heterocycles. The van der Waals surface area contributed by atoms with Crippen molar-refractivity contribution in [3.05, 3.63) is 71.4 Å². The van der Waals surface area contributed by atoms with Crippen molar-refractivity contribution in [2.24, 2.45) is 0 Å². The molecule has 0 radical (unpaired) electrons. The van der Waals surface area contributed by atoms with Gasteiger partial charge in [-0.2, -0.15) is 0 Å². The molecule has 26 heavy (non-hydrogen) atoms. The quantitative estimate of drug-likeness (QED) is 0.708. The molecule has 0 spiro atoms. The molecule has 1 saturated heterocycles. The third-order valence-electron chi connectivity index (χ3n) is 5.33. The van der Waals surface area contributed by atoms with Crippen molar-refractivity contribution in [1.82, 2.24) is 9.88 Å². The molecule has 0 aliphatic carbocycles. The fourth-order valence-corrected chi connectivity index (χ4v) is 3.62. The first-order valence-corrected chi connectivity index (χ1v) is 9.09. The van der Waals surface area contributed by atoms with Gasteiger partial charge in [0, 0.05) is 49.0 Å². The average molecular weight is 345 g/mol. The number of fused-ring (bicyclic) bond motifs is 1. The molecule has 132 valence electrons. The Labute approximate surface area is 154 Å². The highest BCUT2D eigenvalue weighted by atomic mass is 16.2. The number of nitrogens with zero attached hydrogens (tertiary/aromatic N) is 3. The zero-order valence-electron chi connectivity index (χ0n) is 15.3. The summed E-state index contributed by atoms with van der Waals surface area (Å²) in [6, 6.07) is 16.1. The van der Waals surface area contributed by atoms with E-state index >= 15 is 0 Å². The lowest BCUT2D eigenvalue weighted by Crippen LogP contribution is -2.49. The van der Waals surface area contributed by atoms with Crippen molar-refractivity contribution >= 4 is 22.5 Å². The monoisotopic (exact) mass is 345 g/mol. The average Bonchev–Trinajstić information content (AvgIpc) is 2.69. The van der Waals surface area contributed by atoms with E-state index in [1.165, 1.54) is 16.8 Å². The van der Waals surface area contributed by atoms with Crippen LogP contribution in [0.25, 0.3) is 10.9 Å². The number of carbonyl (C=O) groups is 1. The summed E-state index contributed by atoms with van der Waals surface area (Å²) in [5.41, 5.74) is 5.59. The molecule has 0 saturated carbocycles. The van der Waals surface area contributed by atoms with Gasteiger partial charge < -0.3 is 9.80 Å². The highest BCUT2D eigenvalue weighted by Gasteiger charge is 2.23. The summed E-state index contributed by atoms with van der Waals surface area (Å²) in [5, 5.41) is 1.01. The number of hydrogen-bond acceptors (Lipinski definition) is 3. The molecule has 3 aromatic rings. The number of aryl methyl sites for hydroxylation is 1. The smallest absolute Gasteiger partial charge is 0.253 e. The lowest BCUT2D eigenvalue weighted by Gasteiger charge is -2.37. The molecule has 4 nitrogen and oxygen atoms in total. The minimum atomic E-state index is 0.108. The van der Waals surface area contributed by atoms with Crippen molar-refractivity contribution in [3.63, 3.8) is 0 Å². The van der Waals surface area contributed by atoms with Crippen LogP contribution in [0.5, 0.6) is 0 Å². The van der Waals surface area contributed by atoms with E-state index in [1.54, 1.807) is 6.20 Å². The van der Waals surface area contributed by atoms with Gasteiger partial charge in [-0.1, -0.05) is 18.2 Å². The Hall–Kier alpha value is -2.88. The van der Waals surface area contributed by atoms with E-state index in [9.17, 15) is 4.79 Å². The van der Waals surface area contributed by atoms with Gasteiger partial charge in [-0.05, 0) is 55.3 Å². The summed E-state index contributed by atoms with van der Waals surface area (Å²) in [5.74, 6) is 0.108. The van der Waals surface area contributed by atoms with Crippen LogP contribution in [0.3, 0.4) is 0 Å². The fraction of sp³-hybridized carbons (Fsp3) is 0.273. The van der Waals surface area contributed by atoms with Crippen molar-refractivity contribution in [3.8, 4) is 0 Å². The van der Waals surface area contributed by atoms with Gasteiger partial charge in [0.1, 0.15) is 0 Å². The summed E-state index contributed by atoms with van der Waals surface area (Å²) in [6.45, 7) is 7.55. The maximum Gasteiger partial charge on any atom is 0.253 e. The Balaban J connectivity index is 1.48. The molecule has 0 N–H and O–H groups in total. The van der Waals surface area contributed by atoms with Crippen LogP contribution in [0.4, 0.5) is 5.69 Å². The maximum atomic E-state index is 12.9. The molecule has 2 aromatic carbocycles. The van der Waals surface area contributed by atoms with Crippen LogP contribution in [-0.2, 0) is 0 Å². The van der Waals surface area contributed by atoms with Crippen molar-refractivity contribution in [2.45, 2.75) is 13.8 Å². The number of hydrogen-bond donors (Lipinski definition) is 0. The van der Waals surface area contributed by atoms with Crippen LogP contribution in [0.15, 0.2) is 54.7 Å². The van der Waals surface area contributed by atoms with Gasteiger partial charge in [-0.3, -0.25) is 9.78 Å². The highest BCUT2D eigenvalue weighted by molar-refractivity contribution is 5.98. The number of anilines is 1. The number of aromatic nitrogens is 1. The maximum absolute atomic E-state index is 12.9. The third kappa shape index (κ3) is 3.03. The zero-order valence-corrected chi connectivity index (χ0v) is 15.3. The second-order valence-electron chi connectivity index (χ2n) is 6.91. The number of amides is 1. The second kappa shape index (κ2) is 6.79. The second-order valence-corrected chi connectivity index (χ2v) is 6.91. The van der Waals surface area contributed by atoms with Crippen molar-refractivity contribution < 1.29 is 4.79 Å². The van der Waals surface area contributed by atoms with E-state index < -0.39 is 0 Å². The molecule has 4 heteroatoms. The summed E-state index contributed by atoms with van der Waals surface area (Å²) < 4.78 is 0. The number of benzene rings is 2. The van der Waals surface area contributed by atoms with E-state index in [0.29, 0.717) is 0 Å². The molecule has 0 bridgehead atoms. The molecular weight excluding hydrogens is 322 g/mol. The van der Waals surface area contributed by atoms with Gasteiger partial charge in [0.25, 0.3) is 5.91 Å². The molecule has 4 rings (SSSR count). The van der Waals surface area contributed by atoms with Crippen molar-refractivity contribution in [2.75, 3.05) is 31.1 Å². The van der Waals surface area contributed by atoms with Crippen LogP contribution in [0.2, 0.25) is 0 Å². The van der Waals surface area contributed by atoms with Crippen LogP contribution < -0.4 is 4.90 Å². The predicted octanol–water partition coefficient (Wildman–Crippen LogP) is 3.81. The topological polar surface area (TPSA) is 36.4 Å². The number of piperazine rings is 1. The minimum Gasteiger partial charge on any atom is -0.368 e. The highest BCUT2D eigenvalue weighted by Crippen LogP contribution is 2.24. The van der Waals surface area contributed by atoms with E-state index in [4.69, 9.17) is 0 Å². The first kappa shape index (κ1) is 16.6. The summed E-state index contributed by atoms with van der Waals surface area (Å²) in [4.78, 5) is 21.6. The molecular formula is C22H23N3O. The van der Waals surface area contributed by atoms with Gasteiger partial charge in [0.05, 0.1) is 5.52 Å². The van der Waals surface area contributed by atoms with Gasteiger partial charge in [-0.25, -0.2) is 0 Å². The van der Waals surface area contributed by atoms with Gasteiger partial charge in [0.15, 0.2) is 0 Å². The van der Waals surface area contributed by atoms with E-state index in [-0.39, 0.29) is 5.91 Å². The summed E-state index contributed by atoms with van der Waals surface area (Å²) in [6.07, 6.45) is 1.77. The molecule has 1 aromatic heterocycles. The van der Waals surface area contributed by atoms with Gasteiger partial charge in [0.2, 0.25) is 0 Å². The molecule has 2 heterocycles. The van der Waals surface area contributed by atoms with Crippen LogP contribution >= 0.6 is 0 Å². The predicted molar refractivity (Wildman–Crippen MR) is 106 cm³/mol. The molecule has 0 unspecified atom stereocenters. The standard InChI is InChI=1S/C22H23N3O/c1-16-5-3-7-21(17(16)2)24-11-13-25(14-12-24)22(26)19-8-9-20-18(15-19)6-4-10-23-20/h3-10,15H,11-14H2,1-2H3. The summed E-state index contributed by atoms with van der Waals surface area (Å²) in [7, 11) is 0. The lowest BCUT2D eigenvalue weighted by molar-refractivity contribution is 0.0747. The van der Waals surface area contributed by atoms with Crippen LogP contribution in [0, 0.1) is 13.8 Å². The SMILES string of the molecule is Cc1cccc(N2CCN(C(=O)c3ccc4ncccc4c3)CC2)c1C. The Bertz CT molecular complexity index is 959. The van der Waals surface area contributed by atoms with Gasteiger partial charge in [-0.15, -0.1) is 0 Å². The first-order chi connectivity index (χ1) is 12.6. The Morgan fingerprint density at radius 2 is 1.77 bits per heavy atom. The van der Waals surface area contributed by atoms with Crippen LogP contribution in [0.1, 0.15) is 21.5 Å². The molecule has 1 aliphatic rings. The van der Waals surface area contributed by atoms with E-state index in [0.717, 1.165) is 42.6 Å². The summed E-state index contributed by atoms with van der Waals surface area (Å²) >= 11 is 0. The molecule has 1 amide bonds. The third-order valence-corrected chi connectivity index (χ3v) is 5.33. The number of rotatable bonds is 2. The first-order valence-electron chi connectivity index (χ1n) is 9.09. The largest absolute Gasteiger partial charge is 0.368 e.